The van der Waals surface area contributed by atoms with Crippen molar-refractivity contribution in [3.63, 3.8) is 0 Å². The van der Waals surface area contributed by atoms with Crippen LogP contribution in [0.15, 0.2) is 18.3 Å². The maximum Gasteiger partial charge on any atom is 0.137 e. The monoisotopic (exact) mass is 182 g/mol. The third kappa shape index (κ3) is 2.68. The van der Waals surface area contributed by atoms with Gasteiger partial charge >= 0.3 is 0 Å². The van der Waals surface area contributed by atoms with E-state index in [9.17, 15) is 5.11 Å². The molecule has 1 aromatic rings. The normalized spacial score (nSPS) is 12.5. The van der Waals surface area contributed by atoms with Crippen LogP contribution in [0.3, 0.4) is 0 Å². The number of hydrogen-bond donors (Lipinski definition) is 2. The van der Waals surface area contributed by atoms with Gasteiger partial charge in [-0.25, -0.2) is 0 Å². The van der Waals surface area contributed by atoms with Gasteiger partial charge in [0.05, 0.1) is 25.1 Å². The molecule has 1 heterocycles. The molecule has 0 aliphatic carbocycles. The van der Waals surface area contributed by atoms with Crippen molar-refractivity contribution in [1.29, 1.82) is 0 Å². The van der Waals surface area contributed by atoms with Crippen LogP contribution in [0.4, 0.5) is 0 Å². The Balaban J connectivity index is 2.67. The highest BCUT2D eigenvalue weighted by Gasteiger charge is 2.07. The molecule has 0 saturated heterocycles. The number of aliphatic hydroxyl groups excluding tert-OH is 1. The second-order valence-corrected chi connectivity index (χ2v) is 2.72. The zero-order chi connectivity index (χ0) is 9.68. The Labute approximate surface area is 77.4 Å². The predicted molar refractivity (Wildman–Crippen MR) is 49.4 cm³/mol. The molecule has 1 unspecified atom stereocenters. The van der Waals surface area contributed by atoms with Crippen molar-refractivity contribution >= 4 is 0 Å². The molecule has 0 radical (unpaired) electrons. The number of pyridine rings is 1. The van der Waals surface area contributed by atoms with Crippen LogP contribution in [0.2, 0.25) is 0 Å². The van der Waals surface area contributed by atoms with Crippen molar-refractivity contribution in [1.82, 2.24) is 4.98 Å². The first kappa shape index (κ1) is 9.95. The Kier molecular flexibility index (Phi) is 3.67. The highest BCUT2D eigenvalue weighted by atomic mass is 16.5. The second kappa shape index (κ2) is 4.79. The van der Waals surface area contributed by atoms with Crippen LogP contribution in [0.1, 0.15) is 18.2 Å². The summed E-state index contributed by atoms with van der Waals surface area (Å²) >= 11 is 0. The Morgan fingerprint density at radius 1 is 1.62 bits per heavy atom. The van der Waals surface area contributed by atoms with E-state index in [-0.39, 0.29) is 0 Å². The molecule has 0 saturated carbocycles. The fourth-order valence-electron chi connectivity index (χ4n) is 1.02. The van der Waals surface area contributed by atoms with Crippen LogP contribution in [0.25, 0.3) is 0 Å². The van der Waals surface area contributed by atoms with Gasteiger partial charge in [-0.15, -0.1) is 0 Å². The van der Waals surface area contributed by atoms with E-state index in [0.29, 0.717) is 24.4 Å². The Morgan fingerprint density at radius 2 is 2.38 bits per heavy atom. The number of aliphatic hydroxyl groups is 1. The van der Waals surface area contributed by atoms with Crippen LogP contribution in [-0.4, -0.2) is 23.7 Å². The van der Waals surface area contributed by atoms with Gasteiger partial charge in [-0.2, -0.15) is 0 Å². The smallest absolute Gasteiger partial charge is 0.137 e. The lowest BCUT2D eigenvalue weighted by atomic mass is 10.2. The van der Waals surface area contributed by atoms with E-state index < -0.39 is 6.10 Å². The summed E-state index contributed by atoms with van der Waals surface area (Å²) in [6.45, 7) is 0.453. The van der Waals surface area contributed by atoms with E-state index in [1.54, 1.807) is 25.4 Å². The molecule has 0 aromatic carbocycles. The highest BCUT2D eigenvalue weighted by molar-refractivity contribution is 5.20. The van der Waals surface area contributed by atoms with Crippen molar-refractivity contribution in [2.45, 2.75) is 12.5 Å². The summed E-state index contributed by atoms with van der Waals surface area (Å²) in [7, 11) is 1.58. The summed E-state index contributed by atoms with van der Waals surface area (Å²) < 4.78 is 4.94. The van der Waals surface area contributed by atoms with E-state index in [1.165, 1.54) is 0 Å². The van der Waals surface area contributed by atoms with Crippen molar-refractivity contribution in [3.8, 4) is 5.75 Å². The summed E-state index contributed by atoms with van der Waals surface area (Å²) in [6, 6.07) is 3.50. The van der Waals surface area contributed by atoms with Crippen molar-refractivity contribution < 1.29 is 9.84 Å². The van der Waals surface area contributed by atoms with E-state index in [0.717, 1.165) is 0 Å². The zero-order valence-electron chi connectivity index (χ0n) is 7.60. The summed E-state index contributed by atoms with van der Waals surface area (Å²) in [5, 5.41) is 9.50. The Hall–Kier alpha value is -1.13. The molecule has 0 aliphatic heterocycles. The minimum atomic E-state index is -0.573. The lowest BCUT2D eigenvalue weighted by molar-refractivity contribution is 0.165. The molecule has 3 N–H and O–H groups in total. The van der Waals surface area contributed by atoms with Gasteiger partial charge in [0, 0.05) is 0 Å². The van der Waals surface area contributed by atoms with E-state index in [4.69, 9.17) is 10.5 Å². The average Bonchev–Trinajstić information content (AvgIpc) is 2.18. The molecule has 13 heavy (non-hydrogen) atoms. The molecule has 4 heteroatoms. The lowest BCUT2D eigenvalue weighted by Gasteiger charge is -2.08. The van der Waals surface area contributed by atoms with Gasteiger partial charge in [0.15, 0.2) is 0 Å². The standard InChI is InChI=1S/C9H14N2O2/c1-13-7-2-3-8(11-6-7)9(12)4-5-10/h2-3,6,9,12H,4-5,10H2,1H3. The first-order chi connectivity index (χ1) is 6.27. The number of hydrogen-bond acceptors (Lipinski definition) is 4. The molecule has 1 rings (SSSR count). The van der Waals surface area contributed by atoms with E-state index >= 15 is 0 Å². The highest BCUT2D eigenvalue weighted by Crippen LogP contribution is 2.15. The molecule has 4 nitrogen and oxygen atoms in total. The van der Waals surface area contributed by atoms with Gasteiger partial charge in [-0.05, 0) is 25.1 Å². The molecule has 0 amide bonds. The molecule has 1 atom stereocenters. The van der Waals surface area contributed by atoms with Crippen LogP contribution in [0, 0.1) is 0 Å². The number of rotatable bonds is 4. The summed E-state index contributed by atoms with van der Waals surface area (Å²) in [6.07, 6.45) is 1.53. The minimum Gasteiger partial charge on any atom is -0.495 e. The second-order valence-electron chi connectivity index (χ2n) is 2.72. The van der Waals surface area contributed by atoms with Crippen molar-refractivity contribution in [3.05, 3.63) is 24.0 Å². The molecule has 0 fully saturated rings. The topological polar surface area (TPSA) is 68.4 Å². The van der Waals surface area contributed by atoms with E-state index in [2.05, 4.69) is 4.98 Å². The molecule has 0 bridgehead atoms. The van der Waals surface area contributed by atoms with Crippen LogP contribution >= 0.6 is 0 Å². The fraction of sp³-hybridized carbons (Fsp3) is 0.444. The van der Waals surface area contributed by atoms with Gasteiger partial charge in [-0.3, -0.25) is 4.98 Å². The average molecular weight is 182 g/mol. The third-order valence-electron chi connectivity index (χ3n) is 1.78. The van der Waals surface area contributed by atoms with Crippen LogP contribution in [0.5, 0.6) is 5.75 Å². The Bertz CT molecular complexity index is 248. The molecule has 0 aliphatic rings. The summed E-state index contributed by atoms with van der Waals surface area (Å²) in [5.74, 6) is 0.684. The molecular formula is C9H14N2O2. The van der Waals surface area contributed by atoms with Crippen LogP contribution in [-0.2, 0) is 0 Å². The van der Waals surface area contributed by atoms with Gasteiger partial charge in [0.1, 0.15) is 5.75 Å². The van der Waals surface area contributed by atoms with Gasteiger partial charge in [0.2, 0.25) is 0 Å². The molecule has 0 spiro atoms. The number of nitrogens with zero attached hydrogens (tertiary/aromatic N) is 1. The SMILES string of the molecule is COc1ccc(C(O)CCN)nc1. The summed E-state index contributed by atoms with van der Waals surface area (Å²) in [4.78, 5) is 4.04. The van der Waals surface area contributed by atoms with Crippen molar-refractivity contribution in [2.75, 3.05) is 13.7 Å². The van der Waals surface area contributed by atoms with Gasteiger partial charge in [0.25, 0.3) is 0 Å². The number of ether oxygens (including phenoxy) is 1. The first-order valence-electron chi connectivity index (χ1n) is 4.16. The van der Waals surface area contributed by atoms with E-state index in [1.807, 2.05) is 0 Å². The third-order valence-corrected chi connectivity index (χ3v) is 1.78. The largest absolute Gasteiger partial charge is 0.495 e. The summed E-state index contributed by atoms with van der Waals surface area (Å²) in [5.41, 5.74) is 5.94. The first-order valence-corrected chi connectivity index (χ1v) is 4.16. The number of aromatic nitrogens is 1. The molecule has 1 aromatic heterocycles. The quantitative estimate of drug-likeness (QED) is 0.710. The zero-order valence-corrected chi connectivity index (χ0v) is 7.60. The molecule has 72 valence electrons. The van der Waals surface area contributed by atoms with Gasteiger partial charge in [-0.1, -0.05) is 0 Å². The minimum absolute atomic E-state index is 0.453. The van der Waals surface area contributed by atoms with Gasteiger partial charge < -0.3 is 15.6 Å². The predicted octanol–water partition coefficient (Wildman–Crippen LogP) is 0.472. The maximum atomic E-state index is 9.50. The lowest BCUT2D eigenvalue weighted by Crippen LogP contribution is -2.07. The van der Waals surface area contributed by atoms with Crippen molar-refractivity contribution in [2.24, 2.45) is 5.73 Å². The van der Waals surface area contributed by atoms with Crippen LogP contribution < -0.4 is 10.5 Å². The number of methoxy groups -OCH3 is 1. The fourth-order valence-corrected chi connectivity index (χ4v) is 1.02. The number of nitrogens with two attached hydrogens (primary N) is 1. The molecular weight excluding hydrogens is 168 g/mol. The maximum absolute atomic E-state index is 9.50. The Morgan fingerprint density at radius 3 is 2.85 bits per heavy atom.